The average Bonchev–Trinajstić information content (AvgIpc) is 2.15. The smallest absolute Gasteiger partial charge is 0.126 e. The molecule has 1 atom stereocenters. The number of aryl methyl sites for hydroxylation is 1. The maximum absolute atomic E-state index is 13.4. The van der Waals surface area contributed by atoms with Crippen LogP contribution >= 0.6 is 0 Å². The summed E-state index contributed by atoms with van der Waals surface area (Å²) in [6, 6.07) is 7.61. The SMILES string of the molecule is CNCCC(F)c1ccc(C)cc1. The van der Waals surface area contributed by atoms with Crippen LogP contribution in [-0.2, 0) is 0 Å². The summed E-state index contributed by atoms with van der Waals surface area (Å²) in [7, 11) is 1.84. The zero-order chi connectivity index (χ0) is 9.68. The lowest BCUT2D eigenvalue weighted by molar-refractivity contribution is 0.321. The van der Waals surface area contributed by atoms with Gasteiger partial charge in [0.2, 0.25) is 0 Å². The van der Waals surface area contributed by atoms with Gasteiger partial charge in [-0.1, -0.05) is 29.8 Å². The Morgan fingerprint density at radius 2 is 1.92 bits per heavy atom. The molecule has 0 spiro atoms. The van der Waals surface area contributed by atoms with Crippen molar-refractivity contribution in [2.24, 2.45) is 0 Å². The second-order valence-electron chi connectivity index (χ2n) is 3.27. The molecule has 0 aliphatic rings. The highest BCUT2D eigenvalue weighted by Crippen LogP contribution is 2.20. The van der Waals surface area contributed by atoms with E-state index in [0.29, 0.717) is 6.42 Å². The van der Waals surface area contributed by atoms with Crippen molar-refractivity contribution in [1.29, 1.82) is 0 Å². The van der Waals surface area contributed by atoms with Gasteiger partial charge in [0.15, 0.2) is 0 Å². The Balaban J connectivity index is 2.55. The molecule has 1 rings (SSSR count). The average molecular weight is 181 g/mol. The van der Waals surface area contributed by atoms with E-state index < -0.39 is 6.17 Å². The molecule has 72 valence electrons. The topological polar surface area (TPSA) is 12.0 Å². The number of rotatable bonds is 4. The molecule has 0 saturated heterocycles. The van der Waals surface area contributed by atoms with Crippen molar-refractivity contribution >= 4 is 0 Å². The number of alkyl halides is 1. The zero-order valence-electron chi connectivity index (χ0n) is 8.18. The van der Waals surface area contributed by atoms with E-state index in [1.54, 1.807) is 0 Å². The summed E-state index contributed by atoms with van der Waals surface area (Å²) in [6.45, 7) is 2.72. The number of benzene rings is 1. The molecule has 0 heterocycles. The highest BCUT2D eigenvalue weighted by molar-refractivity contribution is 5.23. The molecule has 0 bridgehead atoms. The number of nitrogens with one attached hydrogen (secondary N) is 1. The third-order valence-corrected chi connectivity index (χ3v) is 2.09. The van der Waals surface area contributed by atoms with E-state index in [1.165, 1.54) is 5.56 Å². The Hall–Kier alpha value is -0.890. The van der Waals surface area contributed by atoms with E-state index in [2.05, 4.69) is 5.32 Å². The van der Waals surface area contributed by atoms with Crippen LogP contribution in [0.2, 0.25) is 0 Å². The van der Waals surface area contributed by atoms with Crippen molar-refractivity contribution in [3.05, 3.63) is 35.4 Å². The Labute approximate surface area is 79.0 Å². The maximum Gasteiger partial charge on any atom is 0.126 e. The molecule has 0 aliphatic heterocycles. The molecule has 0 aromatic heterocycles. The second-order valence-corrected chi connectivity index (χ2v) is 3.27. The van der Waals surface area contributed by atoms with Gasteiger partial charge in [-0.3, -0.25) is 0 Å². The fourth-order valence-electron chi connectivity index (χ4n) is 1.21. The van der Waals surface area contributed by atoms with Gasteiger partial charge < -0.3 is 5.32 Å². The molecule has 0 aliphatic carbocycles. The van der Waals surface area contributed by atoms with Gasteiger partial charge in [0.25, 0.3) is 0 Å². The van der Waals surface area contributed by atoms with E-state index in [1.807, 2.05) is 38.2 Å². The summed E-state index contributed by atoms with van der Waals surface area (Å²) in [6.07, 6.45) is -0.299. The van der Waals surface area contributed by atoms with Gasteiger partial charge in [-0.2, -0.15) is 0 Å². The first-order chi connectivity index (χ1) is 6.24. The summed E-state index contributed by atoms with van der Waals surface area (Å²) in [5.41, 5.74) is 1.95. The highest BCUT2D eigenvalue weighted by atomic mass is 19.1. The van der Waals surface area contributed by atoms with E-state index in [-0.39, 0.29) is 0 Å². The molecule has 1 nitrogen and oxygen atoms in total. The fraction of sp³-hybridized carbons (Fsp3) is 0.455. The van der Waals surface area contributed by atoms with E-state index in [4.69, 9.17) is 0 Å². The summed E-state index contributed by atoms with van der Waals surface area (Å²) in [5.74, 6) is 0. The normalized spacial score (nSPS) is 12.8. The number of hydrogen-bond donors (Lipinski definition) is 1. The number of halogens is 1. The lowest BCUT2D eigenvalue weighted by Gasteiger charge is -2.07. The second kappa shape index (κ2) is 4.97. The predicted molar refractivity (Wildman–Crippen MR) is 53.6 cm³/mol. The molecule has 0 fully saturated rings. The molecule has 2 heteroatoms. The molecule has 0 radical (unpaired) electrons. The molecular weight excluding hydrogens is 165 g/mol. The van der Waals surface area contributed by atoms with Crippen LogP contribution in [0, 0.1) is 6.92 Å². The van der Waals surface area contributed by atoms with Crippen LogP contribution < -0.4 is 5.32 Å². The lowest BCUT2D eigenvalue weighted by Crippen LogP contribution is -2.10. The van der Waals surface area contributed by atoms with E-state index >= 15 is 0 Å². The summed E-state index contributed by atoms with van der Waals surface area (Å²) < 4.78 is 13.4. The summed E-state index contributed by atoms with van der Waals surface area (Å²) in [5, 5.41) is 2.94. The first-order valence-electron chi connectivity index (χ1n) is 4.59. The standard InChI is InChI=1S/C11H16FN/c1-9-3-5-10(6-4-9)11(12)7-8-13-2/h3-6,11,13H,7-8H2,1-2H3. The van der Waals surface area contributed by atoms with Crippen LogP contribution in [0.5, 0.6) is 0 Å². The molecule has 1 aromatic carbocycles. The Bertz CT molecular complexity index is 243. The molecule has 1 N–H and O–H groups in total. The molecular formula is C11H16FN. The molecule has 0 amide bonds. The Kier molecular flexibility index (Phi) is 3.90. The molecule has 0 saturated carbocycles. The van der Waals surface area contributed by atoms with Crippen LogP contribution in [0.3, 0.4) is 0 Å². The molecule has 1 unspecified atom stereocenters. The van der Waals surface area contributed by atoms with E-state index in [9.17, 15) is 4.39 Å². The minimum absolute atomic E-state index is 0.541. The van der Waals surface area contributed by atoms with Crippen molar-refractivity contribution in [2.75, 3.05) is 13.6 Å². The number of hydrogen-bond acceptors (Lipinski definition) is 1. The molecule has 13 heavy (non-hydrogen) atoms. The van der Waals surface area contributed by atoms with Gasteiger partial charge in [-0.15, -0.1) is 0 Å². The first-order valence-corrected chi connectivity index (χ1v) is 4.59. The van der Waals surface area contributed by atoms with Crippen LogP contribution in [0.1, 0.15) is 23.7 Å². The van der Waals surface area contributed by atoms with Crippen LogP contribution in [0.4, 0.5) is 4.39 Å². The van der Waals surface area contributed by atoms with Gasteiger partial charge in [-0.05, 0) is 32.5 Å². The van der Waals surface area contributed by atoms with Crippen LogP contribution in [0.25, 0.3) is 0 Å². The largest absolute Gasteiger partial charge is 0.320 e. The predicted octanol–water partition coefficient (Wildman–Crippen LogP) is 2.62. The zero-order valence-corrected chi connectivity index (χ0v) is 8.18. The van der Waals surface area contributed by atoms with Crippen LogP contribution in [-0.4, -0.2) is 13.6 Å². The van der Waals surface area contributed by atoms with E-state index in [0.717, 1.165) is 12.1 Å². The lowest BCUT2D eigenvalue weighted by atomic mass is 10.1. The van der Waals surface area contributed by atoms with Gasteiger partial charge in [0.05, 0.1) is 0 Å². The van der Waals surface area contributed by atoms with Gasteiger partial charge >= 0.3 is 0 Å². The van der Waals surface area contributed by atoms with Crippen molar-refractivity contribution in [2.45, 2.75) is 19.5 Å². The van der Waals surface area contributed by atoms with Crippen molar-refractivity contribution in [3.63, 3.8) is 0 Å². The third kappa shape index (κ3) is 3.15. The Morgan fingerprint density at radius 1 is 1.31 bits per heavy atom. The van der Waals surface area contributed by atoms with Crippen molar-refractivity contribution in [1.82, 2.24) is 5.32 Å². The minimum atomic E-state index is -0.840. The first kappa shape index (κ1) is 10.2. The van der Waals surface area contributed by atoms with Crippen molar-refractivity contribution < 1.29 is 4.39 Å². The molecule has 1 aromatic rings. The van der Waals surface area contributed by atoms with Crippen molar-refractivity contribution in [3.8, 4) is 0 Å². The minimum Gasteiger partial charge on any atom is -0.320 e. The summed E-state index contributed by atoms with van der Waals surface area (Å²) >= 11 is 0. The fourth-order valence-corrected chi connectivity index (χ4v) is 1.21. The quantitative estimate of drug-likeness (QED) is 0.753. The van der Waals surface area contributed by atoms with Gasteiger partial charge in [-0.25, -0.2) is 4.39 Å². The van der Waals surface area contributed by atoms with Crippen LogP contribution in [0.15, 0.2) is 24.3 Å². The highest BCUT2D eigenvalue weighted by Gasteiger charge is 2.07. The Morgan fingerprint density at radius 3 is 2.46 bits per heavy atom. The monoisotopic (exact) mass is 181 g/mol. The van der Waals surface area contributed by atoms with Gasteiger partial charge in [0.1, 0.15) is 6.17 Å². The van der Waals surface area contributed by atoms with Gasteiger partial charge in [0, 0.05) is 0 Å². The summed E-state index contributed by atoms with van der Waals surface area (Å²) in [4.78, 5) is 0. The third-order valence-electron chi connectivity index (χ3n) is 2.09. The maximum atomic E-state index is 13.4.